The Morgan fingerprint density at radius 2 is 2.24 bits per heavy atom. The van der Waals surface area contributed by atoms with Gasteiger partial charge >= 0.3 is 5.97 Å². The molecule has 0 spiro atoms. The van der Waals surface area contributed by atoms with Gasteiger partial charge in [0.05, 0.1) is 5.92 Å². The molecule has 2 N–H and O–H groups in total. The van der Waals surface area contributed by atoms with Crippen molar-refractivity contribution in [2.75, 3.05) is 5.32 Å². The Morgan fingerprint density at radius 3 is 2.94 bits per heavy atom. The van der Waals surface area contributed by atoms with E-state index in [0.29, 0.717) is 0 Å². The Labute approximate surface area is 103 Å². The predicted molar refractivity (Wildman–Crippen MR) is 69.6 cm³/mol. The topological polar surface area (TPSA) is 49.3 Å². The lowest BCUT2D eigenvalue weighted by Gasteiger charge is -2.34. The van der Waals surface area contributed by atoms with E-state index in [-0.39, 0.29) is 12.0 Å². The van der Waals surface area contributed by atoms with Crippen LogP contribution in [0.3, 0.4) is 0 Å². The number of anilines is 1. The molecule has 1 aromatic heterocycles. The Hall–Kier alpha value is -1.55. The summed E-state index contributed by atoms with van der Waals surface area (Å²) in [7, 11) is 0. The molecule has 1 aliphatic rings. The van der Waals surface area contributed by atoms with E-state index in [2.05, 4.69) is 28.9 Å². The second-order valence-corrected chi connectivity index (χ2v) is 5.39. The van der Waals surface area contributed by atoms with Crippen LogP contribution >= 0.6 is 11.3 Å². The Morgan fingerprint density at radius 1 is 1.35 bits per heavy atom. The summed E-state index contributed by atoms with van der Waals surface area (Å²) in [5, 5.41) is 15.6. The lowest BCUT2D eigenvalue weighted by molar-refractivity contribution is -0.144. The number of thiophene rings is 1. The number of rotatable bonds is 3. The monoisotopic (exact) mass is 247 g/mol. The van der Waals surface area contributed by atoms with E-state index in [9.17, 15) is 4.79 Å². The highest BCUT2D eigenvalue weighted by atomic mass is 32.1. The van der Waals surface area contributed by atoms with Gasteiger partial charge in [0.15, 0.2) is 0 Å². The molecule has 1 aliphatic carbocycles. The highest BCUT2D eigenvalue weighted by molar-refractivity contribution is 7.17. The molecule has 0 bridgehead atoms. The molecule has 0 saturated heterocycles. The summed E-state index contributed by atoms with van der Waals surface area (Å²) in [6, 6.07) is 8.36. The molecule has 0 amide bonds. The molecule has 4 heteroatoms. The molecule has 3 nitrogen and oxygen atoms in total. The highest BCUT2D eigenvalue weighted by Gasteiger charge is 2.36. The van der Waals surface area contributed by atoms with Gasteiger partial charge in [0.1, 0.15) is 0 Å². The maximum absolute atomic E-state index is 10.9. The van der Waals surface area contributed by atoms with Crippen molar-refractivity contribution in [1.82, 2.24) is 0 Å². The van der Waals surface area contributed by atoms with Gasteiger partial charge in [-0.2, -0.15) is 0 Å². The van der Waals surface area contributed by atoms with E-state index < -0.39 is 5.97 Å². The number of hydrogen-bond donors (Lipinski definition) is 2. The summed E-state index contributed by atoms with van der Waals surface area (Å²) < 4.78 is 1.26. The van der Waals surface area contributed by atoms with Gasteiger partial charge in [0.2, 0.25) is 0 Å². The van der Waals surface area contributed by atoms with Gasteiger partial charge < -0.3 is 10.4 Å². The van der Waals surface area contributed by atoms with Gasteiger partial charge in [-0.1, -0.05) is 0 Å². The first-order valence-corrected chi connectivity index (χ1v) is 6.58. The van der Waals surface area contributed by atoms with Gasteiger partial charge in [0, 0.05) is 16.4 Å². The van der Waals surface area contributed by atoms with E-state index in [1.165, 1.54) is 10.1 Å². The lowest BCUT2D eigenvalue weighted by Crippen LogP contribution is -2.42. The minimum atomic E-state index is -0.689. The average molecular weight is 247 g/mol. The third kappa shape index (κ3) is 1.89. The SMILES string of the molecule is O=C(O)C1CCC1Nc1ccc2sccc2c1. The third-order valence-electron chi connectivity index (χ3n) is 3.40. The van der Waals surface area contributed by atoms with Crippen molar-refractivity contribution in [3.8, 4) is 0 Å². The first-order chi connectivity index (χ1) is 8.24. The van der Waals surface area contributed by atoms with Crippen molar-refractivity contribution in [3.05, 3.63) is 29.6 Å². The second-order valence-electron chi connectivity index (χ2n) is 4.45. The minimum absolute atomic E-state index is 0.0867. The largest absolute Gasteiger partial charge is 0.481 e. The zero-order valence-electron chi connectivity index (χ0n) is 9.22. The van der Waals surface area contributed by atoms with Crippen LogP contribution in [0.4, 0.5) is 5.69 Å². The lowest BCUT2D eigenvalue weighted by atomic mass is 9.79. The van der Waals surface area contributed by atoms with E-state index >= 15 is 0 Å². The standard InChI is InChI=1S/C13H13NO2S/c15-13(16)10-2-3-11(10)14-9-1-4-12-8(7-9)5-6-17-12/h1,4-7,10-11,14H,2-3H2,(H,15,16). The molecule has 2 aromatic rings. The maximum atomic E-state index is 10.9. The number of benzene rings is 1. The summed E-state index contributed by atoms with van der Waals surface area (Å²) in [5.74, 6) is -0.918. The van der Waals surface area contributed by atoms with Gasteiger partial charge in [0.25, 0.3) is 0 Å². The fraction of sp³-hybridized carbons (Fsp3) is 0.308. The molecule has 2 unspecified atom stereocenters. The number of nitrogens with one attached hydrogen (secondary N) is 1. The Bertz CT molecular complexity index is 563. The van der Waals surface area contributed by atoms with Crippen LogP contribution in [-0.4, -0.2) is 17.1 Å². The summed E-state index contributed by atoms with van der Waals surface area (Å²) >= 11 is 1.72. The van der Waals surface area contributed by atoms with E-state index in [1.54, 1.807) is 11.3 Å². The van der Waals surface area contributed by atoms with Crippen molar-refractivity contribution in [2.24, 2.45) is 5.92 Å². The number of carboxylic acid groups (broad SMARTS) is 1. The summed E-state index contributed by atoms with van der Waals surface area (Å²) in [6.07, 6.45) is 1.73. The van der Waals surface area contributed by atoms with E-state index in [4.69, 9.17) is 5.11 Å². The normalized spacial score (nSPS) is 23.3. The molecular formula is C13H13NO2S. The molecule has 0 radical (unpaired) electrons. The summed E-state index contributed by atoms with van der Waals surface area (Å²) in [6.45, 7) is 0. The van der Waals surface area contributed by atoms with Crippen LogP contribution < -0.4 is 5.32 Å². The highest BCUT2D eigenvalue weighted by Crippen LogP contribution is 2.32. The van der Waals surface area contributed by atoms with Crippen LogP contribution in [0.25, 0.3) is 10.1 Å². The molecule has 88 valence electrons. The van der Waals surface area contributed by atoms with Gasteiger partial charge in [-0.25, -0.2) is 0 Å². The first-order valence-electron chi connectivity index (χ1n) is 5.70. The predicted octanol–water partition coefficient (Wildman–Crippen LogP) is 3.18. The van der Waals surface area contributed by atoms with Crippen LogP contribution in [0, 0.1) is 5.92 Å². The average Bonchev–Trinajstić information content (AvgIpc) is 2.70. The van der Waals surface area contributed by atoms with Crippen LogP contribution in [0.1, 0.15) is 12.8 Å². The zero-order valence-corrected chi connectivity index (χ0v) is 10.0. The fourth-order valence-corrected chi connectivity index (χ4v) is 3.01. The summed E-state index contributed by atoms with van der Waals surface area (Å²) in [4.78, 5) is 10.9. The number of aliphatic carboxylic acids is 1. The molecule has 17 heavy (non-hydrogen) atoms. The van der Waals surface area contributed by atoms with Gasteiger partial charge in [-0.3, -0.25) is 4.79 Å². The maximum Gasteiger partial charge on any atom is 0.308 e. The number of fused-ring (bicyclic) bond motifs is 1. The molecule has 1 heterocycles. The van der Waals surface area contributed by atoms with Crippen LogP contribution in [0.5, 0.6) is 0 Å². The van der Waals surface area contributed by atoms with Crippen molar-refractivity contribution in [2.45, 2.75) is 18.9 Å². The summed E-state index contributed by atoms with van der Waals surface area (Å²) in [5.41, 5.74) is 1.02. The molecule has 0 aliphatic heterocycles. The Kier molecular flexibility index (Phi) is 2.52. The second kappa shape index (κ2) is 4.04. The van der Waals surface area contributed by atoms with Crippen molar-refractivity contribution >= 4 is 33.1 Å². The Balaban J connectivity index is 1.78. The molecular weight excluding hydrogens is 234 g/mol. The number of hydrogen-bond acceptors (Lipinski definition) is 3. The molecule has 1 saturated carbocycles. The molecule has 1 fully saturated rings. The number of carboxylic acids is 1. The molecule has 3 rings (SSSR count). The van der Waals surface area contributed by atoms with Crippen molar-refractivity contribution in [1.29, 1.82) is 0 Å². The van der Waals surface area contributed by atoms with Crippen molar-refractivity contribution in [3.63, 3.8) is 0 Å². The van der Waals surface area contributed by atoms with Gasteiger partial charge in [-0.15, -0.1) is 11.3 Å². The van der Waals surface area contributed by atoms with E-state index in [1.807, 2.05) is 6.07 Å². The zero-order chi connectivity index (χ0) is 11.8. The number of carbonyl (C=O) groups is 1. The van der Waals surface area contributed by atoms with Gasteiger partial charge in [-0.05, 0) is 47.9 Å². The molecule has 1 aromatic carbocycles. The van der Waals surface area contributed by atoms with E-state index in [0.717, 1.165) is 18.5 Å². The fourth-order valence-electron chi connectivity index (χ4n) is 2.24. The molecule has 2 atom stereocenters. The minimum Gasteiger partial charge on any atom is -0.481 e. The van der Waals surface area contributed by atoms with Crippen molar-refractivity contribution < 1.29 is 9.90 Å². The first kappa shape index (κ1) is 10.6. The van der Waals surface area contributed by atoms with Crippen LogP contribution in [-0.2, 0) is 4.79 Å². The smallest absolute Gasteiger partial charge is 0.308 e. The van der Waals surface area contributed by atoms with Crippen LogP contribution in [0.15, 0.2) is 29.6 Å². The van der Waals surface area contributed by atoms with Crippen LogP contribution in [0.2, 0.25) is 0 Å². The quantitative estimate of drug-likeness (QED) is 0.875. The third-order valence-corrected chi connectivity index (χ3v) is 4.29.